The minimum absolute atomic E-state index is 0.0868. The van der Waals surface area contributed by atoms with Crippen molar-refractivity contribution in [3.63, 3.8) is 0 Å². The van der Waals surface area contributed by atoms with E-state index in [2.05, 4.69) is 12.2 Å². The van der Waals surface area contributed by atoms with E-state index in [-0.39, 0.29) is 12.3 Å². The smallest absolute Gasteiger partial charge is 0.222 e. The minimum Gasteiger partial charge on any atom is -0.456 e. The lowest BCUT2D eigenvalue weighted by Crippen LogP contribution is -2.46. The lowest BCUT2D eigenvalue weighted by molar-refractivity contribution is -0.125. The molecule has 1 heterocycles. The van der Waals surface area contributed by atoms with Crippen molar-refractivity contribution in [2.45, 2.75) is 51.7 Å². The summed E-state index contributed by atoms with van der Waals surface area (Å²) in [5, 5.41) is 14.4. The Kier molecular flexibility index (Phi) is 9.33. The predicted molar refractivity (Wildman–Crippen MR) is 152 cm³/mol. The summed E-state index contributed by atoms with van der Waals surface area (Å²) < 4.78 is 6.22. The molecule has 2 N–H and O–H groups in total. The number of aliphatic hydroxyl groups excluding tert-OH is 1. The zero-order valence-corrected chi connectivity index (χ0v) is 22.0. The summed E-state index contributed by atoms with van der Waals surface area (Å²) in [6, 6.07) is 22.5. The highest BCUT2D eigenvalue weighted by molar-refractivity contribution is 5.89. The largest absolute Gasteiger partial charge is 0.456 e. The third-order valence-corrected chi connectivity index (χ3v) is 6.96. The zero-order valence-electron chi connectivity index (χ0n) is 22.0. The molecule has 0 saturated heterocycles. The van der Waals surface area contributed by atoms with Crippen LogP contribution in [0.25, 0.3) is 12.2 Å². The molecule has 4 rings (SSSR count). The standard InChI is InChI=1S/C32H36N2O4/c1-3-4-19-33-32(37)23(2)20-29(36)28(21-24-11-6-5-7-12-24)34(22-35)27-14-10-16-31-26(27)18-17-25-13-8-9-15-30(25)38-31/h5-18,22-23,28-29,36H,3-4,19-21H2,1-2H3,(H,33,37)/t23-,28+,29+/m1/s1. The zero-order chi connectivity index (χ0) is 26.9. The van der Waals surface area contributed by atoms with E-state index in [0.717, 1.165) is 41.7 Å². The normalized spacial score (nSPS) is 14.2. The van der Waals surface area contributed by atoms with Crippen LogP contribution in [0.3, 0.4) is 0 Å². The molecule has 38 heavy (non-hydrogen) atoms. The molecule has 0 fully saturated rings. The van der Waals surface area contributed by atoms with Crippen LogP contribution in [0.1, 0.15) is 49.8 Å². The van der Waals surface area contributed by atoms with Crippen LogP contribution in [0.5, 0.6) is 11.5 Å². The summed E-state index contributed by atoms with van der Waals surface area (Å²) in [7, 11) is 0. The first-order valence-electron chi connectivity index (χ1n) is 13.3. The van der Waals surface area contributed by atoms with E-state index in [1.54, 1.807) is 4.90 Å². The number of aliphatic hydroxyl groups is 1. The Labute approximate surface area is 224 Å². The first-order chi connectivity index (χ1) is 18.5. The molecule has 1 aliphatic heterocycles. The first kappa shape index (κ1) is 27.1. The molecule has 3 aromatic rings. The average molecular weight is 513 g/mol. The topological polar surface area (TPSA) is 78.9 Å². The number of benzene rings is 3. The third-order valence-electron chi connectivity index (χ3n) is 6.96. The number of amides is 2. The van der Waals surface area contributed by atoms with E-state index >= 15 is 0 Å². The maximum atomic E-state index is 12.7. The molecule has 0 aromatic heterocycles. The number of rotatable bonds is 12. The fraction of sp³-hybridized carbons (Fsp3) is 0.312. The van der Waals surface area contributed by atoms with E-state index in [4.69, 9.17) is 4.74 Å². The summed E-state index contributed by atoms with van der Waals surface area (Å²) in [4.78, 5) is 26.9. The Balaban J connectivity index is 1.65. The molecule has 0 aliphatic carbocycles. The van der Waals surface area contributed by atoms with Gasteiger partial charge in [0.05, 0.1) is 17.8 Å². The maximum Gasteiger partial charge on any atom is 0.222 e. The Morgan fingerprint density at radius 3 is 2.50 bits per heavy atom. The Hall–Kier alpha value is -3.90. The van der Waals surface area contributed by atoms with Gasteiger partial charge in [0.1, 0.15) is 11.5 Å². The lowest BCUT2D eigenvalue weighted by atomic mass is 9.92. The van der Waals surface area contributed by atoms with Gasteiger partial charge < -0.3 is 20.1 Å². The van der Waals surface area contributed by atoms with Gasteiger partial charge in [0, 0.05) is 23.6 Å². The number of nitrogens with one attached hydrogen (secondary N) is 1. The second kappa shape index (κ2) is 13.1. The number of carbonyl (C=O) groups excluding carboxylic acids is 2. The van der Waals surface area contributed by atoms with E-state index in [0.29, 0.717) is 24.4 Å². The van der Waals surface area contributed by atoms with Crippen molar-refractivity contribution in [3.05, 3.63) is 89.5 Å². The van der Waals surface area contributed by atoms with Gasteiger partial charge in [-0.3, -0.25) is 9.59 Å². The van der Waals surface area contributed by atoms with Gasteiger partial charge in [-0.05, 0) is 49.1 Å². The molecule has 0 bridgehead atoms. The molecule has 0 saturated carbocycles. The number of ether oxygens (including phenoxy) is 1. The van der Waals surface area contributed by atoms with Crippen LogP contribution >= 0.6 is 0 Å². The van der Waals surface area contributed by atoms with Crippen LogP contribution in [0, 0.1) is 5.92 Å². The number of anilines is 1. The minimum atomic E-state index is -0.934. The van der Waals surface area contributed by atoms with Crippen molar-refractivity contribution in [2.75, 3.05) is 11.4 Å². The van der Waals surface area contributed by atoms with Crippen LogP contribution in [0.2, 0.25) is 0 Å². The summed E-state index contributed by atoms with van der Waals surface area (Å²) in [5.74, 6) is 0.879. The average Bonchev–Trinajstić information content (AvgIpc) is 3.13. The van der Waals surface area contributed by atoms with Crippen molar-refractivity contribution >= 4 is 30.2 Å². The second-order valence-electron chi connectivity index (χ2n) is 9.78. The number of hydrogen-bond acceptors (Lipinski definition) is 4. The first-order valence-corrected chi connectivity index (χ1v) is 13.3. The third kappa shape index (κ3) is 6.50. The fourth-order valence-corrected chi connectivity index (χ4v) is 4.79. The molecular formula is C32H36N2O4. The highest BCUT2D eigenvalue weighted by Gasteiger charge is 2.31. The summed E-state index contributed by atoms with van der Waals surface area (Å²) in [6.07, 6.45) is 6.32. The van der Waals surface area contributed by atoms with Gasteiger partial charge in [0.2, 0.25) is 12.3 Å². The predicted octanol–water partition coefficient (Wildman–Crippen LogP) is 5.84. The summed E-state index contributed by atoms with van der Waals surface area (Å²) >= 11 is 0. The Bertz CT molecular complexity index is 1260. The highest BCUT2D eigenvalue weighted by Crippen LogP contribution is 2.39. The monoisotopic (exact) mass is 512 g/mol. The molecule has 6 nitrogen and oxygen atoms in total. The van der Waals surface area contributed by atoms with Crippen molar-refractivity contribution in [2.24, 2.45) is 5.92 Å². The quantitative estimate of drug-likeness (QED) is 0.185. The van der Waals surface area contributed by atoms with Crippen molar-refractivity contribution < 1.29 is 19.4 Å². The lowest BCUT2D eigenvalue weighted by Gasteiger charge is -2.34. The molecular weight excluding hydrogens is 476 g/mol. The molecule has 2 amide bonds. The maximum absolute atomic E-state index is 12.7. The number of carbonyl (C=O) groups is 2. The second-order valence-corrected chi connectivity index (χ2v) is 9.78. The van der Waals surface area contributed by atoms with Gasteiger partial charge in [0.25, 0.3) is 0 Å². The Morgan fingerprint density at radius 1 is 1.00 bits per heavy atom. The highest BCUT2D eigenvalue weighted by atomic mass is 16.5. The van der Waals surface area contributed by atoms with Gasteiger partial charge in [0.15, 0.2) is 0 Å². The van der Waals surface area contributed by atoms with E-state index in [9.17, 15) is 14.7 Å². The van der Waals surface area contributed by atoms with Gasteiger partial charge in [-0.15, -0.1) is 0 Å². The molecule has 1 aliphatic rings. The van der Waals surface area contributed by atoms with E-state index in [1.165, 1.54) is 0 Å². The number of hydrogen-bond donors (Lipinski definition) is 2. The van der Waals surface area contributed by atoms with Crippen LogP contribution in [0.15, 0.2) is 72.8 Å². The molecule has 0 spiro atoms. The molecule has 6 heteroatoms. The van der Waals surface area contributed by atoms with Crippen molar-refractivity contribution in [1.29, 1.82) is 0 Å². The van der Waals surface area contributed by atoms with Crippen LogP contribution in [0.4, 0.5) is 5.69 Å². The van der Waals surface area contributed by atoms with E-state index in [1.807, 2.05) is 91.9 Å². The van der Waals surface area contributed by atoms with Crippen molar-refractivity contribution in [3.8, 4) is 11.5 Å². The molecule has 0 unspecified atom stereocenters. The molecule has 198 valence electrons. The van der Waals surface area contributed by atoms with Gasteiger partial charge in [-0.2, -0.15) is 0 Å². The van der Waals surface area contributed by atoms with Crippen LogP contribution in [-0.4, -0.2) is 36.1 Å². The number of para-hydroxylation sites is 1. The number of fused-ring (bicyclic) bond motifs is 2. The summed E-state index contributed by atoms with van der Waals surface area (Å²) in [5.41, 5.74) is 3.33. The van der Waals surface area contributed by atoms with Gasteiger partial charge in [-0.25, -0.2) is 0 Å². The van der Waals surface area contributed by atoms with Crippen molar-refractivity contribution in [1.82, 2.24) is 5.32 Å². The summed E-state index contributed by atoms with van der Waals surface area (Å²) in [6.45, 7) is 4.51. The Morgan fingerprint density at radius 2 is 1.74 bits per heavy atom. The molecule has 3 atom stereocenters. The van der Waals surface area contributed by atoms with Gasteiger partial charge >= 0.3 is 0 Å². The fourth-order valence-electron chi connectivity index (χ4n) is 4.79. The molecule has 0 radical (unpaired) electrons. The van der Waals surface area contributed by atoms with Gasteiger partial charge in [-0.1, -0.05) is 80.9 Å². The van der Waals surface area contributed by atoms with Crippen LogP contribution in [-0.2, 0) is 16.0 Å². The van der Waals surface area contributed by atoms with Crippen LogP contribution < -0.4 is 15.0 Å². The van der Waals surface area contributed by atoms with E-state index < -0.39 is 18.1 Å². The molecule has 3 aromatic carbocycles. The number of unbranched alkanes of at least 4 members (excludes halogenated alkanes) is 1. The SMILES string of the molecule is CCCCNC(=O)[C@H](C)C[C@H](O)[C@H](Cc1ccccc1)N(C=O)c1cccc2c1C=Cc1ccccc1O2. The number of nitrogens with zero attached hydrogens (tertiary/aromatic N) is 1.